The minimum absolute atomic E-state index is 0.0761. The molecule has 2 aromatic carbocycles. The van der Waals surface area contributed by atoms with Gasteiger partial charge in [-0.15, -0.1) is 11.8 Å². The van der Waals surface area contributed by atoms with E-state index in [0.717, 1.165) is 36.1 Å². The van der Waals surface area contributed by atoms with Crippen molar-refractivity contribution in [2.24, 2.45) is 0 Å². The second-order valence-corrected chi connectivity index (χ2v) is 8.84. The smallest absolute Gasteiger partial charge is 0.242 e. The number of nitrogens with one attached hydrogen (secondary N) is 1. The fourth-order valence-electron chi connectivity index (χ4n) is 3.53. The first-order valence-corrected chi connectivity index (χ1v) is 11.4. The molecule has 2 amide bonds. The van der Waals surface area contributed by atoms with Crippen molar-refractivity contribution in [1.82, 2.24) is 10.2 Å². The zero-order chi connectivity index (χ0) is 20.6. The Hall–Kier alpha value is -1.98. The molecule has 29 heavy (non-hydrogen) atoms. The van der Waals surface area contributed by atoms with Crippen LogP contribution in [0.15, 0.2) is 59.5 Å². The number of amides is 2. The summed E-state index contributed by atoms with van der Waals surface area (Å²) in [6, 6.07) is 16.9. The van der Waals surface area contributed by atoms with E-state index in [9.17, 15) is 9.59 Å². The van der Waals surface area contributed by atoms with Crippen molar-refractivity contribution in [2.45, 2.75) is 56.1 Å². The predicted molar refractivity (Wildman–Crippen MR) is 119 cm³/mol. The van der Waals surface area contributed by atoms with Crippen molar-refractivity contribution in [1.29, 1.82) is 0 Å². The molecule has 1 aliphatic carbocycles. The summed E-state index contributed by atoms with van der Waals surface area (Å²) < 4.78 is 0. The van der Waals surface area contributed by atoms with E-state index in [4.69, 9.17) is 11.6 Å². The molecular formula is C23H27ClN2O2S. The lowest BCUT2D eigenvalue weighted by atomic mass is 10.1. The average molecular weight is 431 g/mol. The number of halogens is 1. The molecule has 0 radical (unpaired) electrons. The van der Waals surface area contributed by atoms with Gasteiger partial charge in [0, 0.05) is 22.5 Å². The summed E-state index contributed by atoms with van der Waals surface area (Å²) >= 11 is 7.80. The minimum atomic E-state index is -0.559. The zero-order valence-electron chi connectivity index (χ0n) is 16.6. The molecule has 0 bridgehead atoms. The van der Waals surface area contributed by atoms with Crippen molar-refractivity contribution in [3.05, 3.63) is 65.2 Å². The van der Waals surface area contributed by atoms with Crippen LogP contribution in [0.4, 0.5) is 0 Å². The Labute approximate surface area is 182 Å². The summed E-state index contributed by atoms with van der Waals surface area (Å²) in [5, 5.41) is 3.72. The van der Waals surface area contributed by atoms with Gasteiger partial charge in [-0.1, -0.05) is 60.8 Å². The van der Waals surface area contributed by atoms with Crippen LogP contribution in [0.1, 0.15) is 38.2 Å². The third kappa shape index (κ3) is 6.25. The molecule has 0 saturated heterocycles. The van der Waals surface area contributed by atoms with Crippen LogP contribution in [0, 0.1) is 0 Å². The highest BCUT2D eigenvalue weighted by molar-refractivity contribution is 8.00. The first-order chi connectivity index (χ1) is 14.0. The molecule has 0 spiro atoms. The molecule has 0 aliphatic heterocycles. The predicted octanol–water partition coefficient (Wildman–Crippen LogP) is 4.91. The molecule has 1 aliphatic rings. The lowest BCUT2D eigenvalue weighted by molar-refractivity contribution is -0.138. The van der Waals surface area contributed by atoms with Gasteiger partial charge >= 0.3 is 0 Å². The molecular weight excluding hydrogens is 404 g/mol. The molecule has 4 nitrogen and oxygen atoms in total. The van der Waals surface area contributed by atoms with Gasteiger partial charge in [-0.2, -0.15) is 0 Å². The molecule has 1 atom stereocenters. The van der Waals surface area contributed by atoms with Crippen molar-refractivity contribution >= 4 is 35.2 Å². The molecule has 6 heteroatoms. The summed E-state index contributed by atoms with van der Waals surface area (Å²) in [6.45, 7) is 2.11. The van der Waals surface area contributed by atoms with Crippen LogP contribution < -0.4 is 5.32 Å². The number of nitrogens with zero attached hydrogens (tertiary/aromatic N) is 1. The molecule has 1 N–H and O–H groups in total. The number of benzene rings is 2. The highest BCUT2D eigenvalue weighted by Crippen LogP contribution is 2.23. The van der Waals surface area contributed by atoms with E-state index in [1.54, 1.807) is 11.8 Å². The van der Waals surface area contributed by atoms with Crippen molar-refractivity contribution < 1.29 is 9.59 Å². The zero-order valence-corrected chi connectivity index (χ0v) is 18.2. The van der Waals surface area contributed by atoms with E-state index in [-0.39, 0.29) is 23.6 Å². The number of carbonyl (C=O) groups is 2. The Bertz CT molecular complexity index is 825. The fraction of sp³-hybridized carbons (Fsp3) is 0.391. The van der Waals surface area contributed by atoms with E-state index in [2.05, 4.69) is 5.32 Å². The fourth-order valence-corrected chi connectivity index (χ4v) is 4.53. The Morgan fingerprint density at radius 3 is 2.45 bits per heavy atom. The molecule has 1 saturated carbocycles. The Morgan fingerprint density at radius 2 is 1.76 bits per heavy atom. The second-order valence-electron chi connectivity index (χ2n) is 7.38. The normalized spacial score (nSPS) is 15.1. The van der Waals surface area contributed by atoms with Gasteiger partial charge in [0.1, 0.15) is 6.04 Å². The molecule has 3 rings (SSSR count). The maximum atomic E-state index is 13.1. The van der Waals surface area contributed by atoms with Gasteiger partial charge in [-0.25, -0.2) is 0 Å². The highest BCUT2D eigenvalue weighted by Gasteiger charge is 2.28. The van der Waals surface area contributed by atoms with Gasteiger partial charge in [0.15, 0.2) is 0 Å². The van der Waals surface area contributed by atoms with Crippen molar-refractivity contribution in [3.63, 3.8) is 0 Å². The van der Waals surface area contributed by atoms with Crippen LogP contribution in [0.3, 0.4) is 0 Å². The van der Waals surface area contributed by atoms with Crippen molar-refractivity contribution in [3.8, 4) is 0 Å². The monoisotopic (exact) mass is 430 g/mol. The molecule has 2 aromatic rings. The molecule has 0 heterocycles. The van der Waals surface area contributed by atoms with E-state index in [1.807, 2.05) is 54.6 Å². The lowest BCUT2D eigenvalue weighted by Gasteiger charge is -2.30. The van der Waals surface area contributed by atoms with Gasteiger partial charge in [0.25, 0.3) is 0 Å². The Morgan fingerprint density at radius 1 is 1.10 bits per heavy atom. The topological polar surface area (TPSA) is 49.4 Å². The number of carbonyl (C=O) groups excluding carboxylic acids is 2. The third-order valence-corrected chi connectivity index (χ3v) is 6.64. The van der Waals surface area contributed by atoms with E-state index in [0.29, 0.717) is 11.6 Å². The summed E-state index contributed by atoms with van der Waals surface area (Å²) in [6.07, 6.45) is 4.33. The van der Waals surface area contributed by atoms with Gasteiger partial charge in [0.05, 0.1) is 5.75 Å². The molecule has 1 unspecified atom stereocenters. The second kappa shape index (κ2) is 10.7. The van der Waals surface area contributed by atoms with Crippen LogP contribution in [0.25, 0.3) is 0 Å². The van der Waals surface area contributed by atoms with Crippen molar-refractivity contribution in [2.75, 3.05) is 5.75 Å². The molecule has 1 fully saturated rings. The summed E-state index contributed by atoms with van der Waals surface area (Å²) in [5.41, 5.74) is 0.841. The number of rotatable bonds is 8. The quantitative estimate of drug-likeness (QED) is 0.605. The number of thioether (sulfide) groups is 1. The summed E-state index contributed by atoms with van der Waals surface area (Å²) in [5.74, 6) is 0.102. The van der Waals surface area contributed by atoms with E-state index >= 15 is 0 Å². The van der Waals surface area contributed by atoms with Gasteiger partial charge in [-0.05, 0) is 43.5 Å². The van der Waals surface area contributed by atoms with Crippen LogP contribution >= 0.6 is 23.4 Å². The van der Waals surface area contributed by atoms with Crippen LogP contribution in [0.2, 0.25) is 5.02 Å². The largest absolute Gasteiger partial charge is 0.352 e. The average Bonchev–Trinajstić information content (AvgIpc) is 3.24. The maximum Gasteiger partial charge on any atom is 0.242 e. The lowest BCUT2D eigenvalue weighted by Crippen LogP contribution is -2.50. The van der Waals surface area contributed by atoms with Crippen LogP contribution in [0.5, 0.6) is 0 Å². The molecule has 0 aromatic heterocycles. The maximum absolute atomic E-state index is 13.1. The first kappa shape index (κ1) is 21.7. The van der Waals surface area contributed by atoms with E-state index in [1.165, 1.54) is 11.8 Å². The third-order valence-electron chi connectivity index (χ3n) is 5.27. The SMILES string of the molecule is CC(C(=O)NC1CCCC1)N(Cc1ccccc1Cl)C(=O)CSc1ccccc1. The highest BCUT2D eigenvalue weighted by atomic mass is 35.5. The first-order valence-electron chi connectivity index (χ1n) is 10.1. The van der Waals surface area contributed by atoms with Gasteiger partial charge in [0.2, 0.25) is 11.8 Å². The summed E-state index contributed by atoms with van der Waals surface area (Å²) in [4.78, 5) is 28.6. The summed E-state index contributed by atoms with van der Waals surface area (Å²) in [7, 11) is 0. The minimum Gasteiger partial charge on any atom is -0.352 e. The Kier molecular flexibility index (Phi) is 8.01. The van der Waals surface area contributed by atoms with E-state index < -0.39 is 6.04 Å². The number of hydrogen-bond donors (Lipinski definition) is 1. The van der Waals surface area contributed by atoms with Crippen LogP contribution in [-0.4, -0.2) is 34.6 Å². The molecule has 154 valence electrons. The van der Waals surface area contributed by atoms with Gasteiger partial charge < -0.3 is 10.2 Å². The van der Waals surface area contributed by atoms with Crippen LogP contribution in [-0.2, 0) is 16.1 Å². The standard InChI is InChI=1S/C23H27ClN2O2S/c1-17(23(28)25-19-10-6-7-11-19)26(15-18-9-5-8-14-21(18)24)22(27)16-29-20-12-3-2-4-13-20/h2-5,8-9,12-14,17,19H,6-7,10-11,15-16H2,1H3,(H,25,28). The van der Waals surface area contributed by atoms with Gasteiger partial charge in [-0.3, -0.25) is 9.59 Å². The Balaban J connectivity index is 1.71. The number of hydrogen-bond acceptors (Lipinski definition) is 3.